The van der Waals surface area contributed by atoms with Crippen LogP contribution in [0.2, 0.25) is 0 Å². The molecule has 0 aliphatic heterocycles. The molecule has 0 atom stereocenters. The molecule has 2 rings (SSSR count). The molecule has 1 aromatic carbocycles. The van der Waals surface area contributed by atoms with Gasteiger partial charge in [-0.15, -0.1) is 0 Å². The minimum Gasteiger partial charge on any atom is -0.389 e. The highest BCUT2D eigenvalue weighted by atomic mass is 19.1. The number of aryl methyl sites for hydroxylation is 1. The molecule has 0 saturated heterocycles. The van der Waals surface area contributed by atoms with Crippen LogP contribution in [0.3, 0.4) is 0 Å². The van der Waals surface area contributed by atoms with E-state index in [4.69, 9.17) is 5.73 Å². The maximum Gasteiger partial charge on any atom is 0.123 e. The number of halogens is 1. The van der Waals surface area contributed by atoms with E-state index in [2.05, 4.69) is 0 Å². The highest BCUT2D eigenvalue weighted by Crippen LogP contribution is 2.34. The van der Waals surface area contributed by atoms with E-state index >= 15 is 0 Å². The summed E-state index contributed by atoms with van der Waals surface area (Å²) in [5, 5.41) is 10.0. The highest BCUT2D eigenvalue weighted by Gasteiger charge is 2.40. The van der Waals surface area contributed by atoms with Crippen LogP contribution >= 0.6 is 0 Å². The van der Waals surface area contributed by atoms with Crippen LogP contribution in [0.4, 0.5) is 4.39 Å². The first-order valence-electron chi connectivity index (χ1n) is 5.21. The van der Waals surface area contributed by atoms with E-state index in [0.717, 1.165) is 11.1 Å². The Bertz CT molecular complexity index is 372. The molecule has 2 nitrogen and oxygen atoms in total. The Balaban J connectivity index is 2.14. The zero-order valence-corrected chi connectivity index (χ0v) is 8.83. The smallest absolute Gasteiger partial charge is 0.123 e. The number of hydrogen-bond donors (Lipinski definition) is 2. The SMILES string of the molecule is Cc1ccc(F)cc1CC1(O)CC(N)C1. The van der Waals surface area contributed by atoms with Crippen molar-refractivity contribution in [3.63, 3.8) is 0 Å². The Hall–Kier alpha value is -0.930. The van der Waals surface area contributed by atoms with Crippen molar-refractivity contribution < 1.29 is 9.50 Å². The number of benzene rings is 1. The van der Waals surface area contributed by atoms with E-state index in [1.165, 1.54) is 12.1 Å². The predicted octanol–water partition coefficient (Wildman–Crippen LogP) is 1.53. The molecule has 3 heteroatoms. The van der Waals surface area contributed by atoms with Crippen molar-refractivity contribution in [2.75, 3.05) is 0 Å². The Morgan fingerprint density at radius 3 is 2.80 bits per heavy atom. The lowest BCUT2D eigenvalue weighted by molar-refractivity contribution is -0.0456. The van der Waals surface area contributed by atoms with Crippen molar-refractivity contribution >= 4 is 0 Å². The van der Waals surface area contributed by atoms with E-state index in [1.807, 2.05) is 6.92 Å². The van der Waals surface area contributed by atoms with Crippen LogP contribution in [0.25, 0.3) is 0 Å². The van der Waals surface area contributed by atoms with E-state index in [9.17, 15) is 9.50 Å². The van der Waals surface area contributed by atoms with Gasteiger partial charge in [0.25, 0.3) is 0 Å². The molecular formula is C12H16FNO. The quantitative estimate of drug-likeness (QED) is 0.776. The topological polar surface area (TPSA) is 46.2 Å². The van der Waals surface area contributed by atoms with Gasteiger partial charge in [0.05, 0.1) is 5.60 Å². The summed E-state index contributed by atoms with van der Waals surface area (Å²) in [6.07, 6.45) is 1.73. The van der Waals surface area contributed by atoms with Gasteiger partial charge in [0.15, 0.2) is 0 Å². The summed E-state index contributed by atoms with van der Waals surface area (Å²) in [5.74, 6) is -0.247. The second kappa shape index (κ2) is 3.58. The van der Waals surface area contributed by atoms with Crippen molar-refractivity contribution in [3.05, 3.63) is 35.1 Å². The Morgan fingerprint density at radius 1 is 1.53 bits per heavy atom. The first kappa shape index (κ1) is 10.6. The van der Waals surface area contributed by atoms with Crippen molar-refractivity contribution in [1.29, 1.82) is 0 Å². The standard InChI is InChI=1S/C12H16FNO/c1-8-2-3-10(13)4-9(8)5-12(15)6-11(14)7-12/h2-4,11,15H,5-7,14H2,1H3. The summed E-state index contributed by atoms with van der Waals surface area (Å²) >= 11 is 0. The van der Waals surface area contributed by atoms with Gasteiger partial charge < -0.3 is 10.8 Å². The van der Waals surface area contributed by atoms with Gasteiger partial charge in [-0.25, -0.2) is 4.39 Å². The molecule has 0 radical (unpaired) electrons. The Labute approximate surface area is 88.9 Å². The van der Waals surface area contributed by atoms with Crippen molar-refractivity contribution in [2.45, 2.75) is 37.8 Å². The van der Waals surface area contributed by atoms with Crippen molar-refractivity contribution in [2.24, 2.45) is 5.73 Å². The van der Waals surface area contributed by atoms with Gasteiger partial charge in [-0.3, -0.25) is 0 Å². The molecule has 0 amide bonds. The largest absolute Gasteiger partial charge is 0.389 e. The minimum absolute atomic E-state index is 0.101. The highest BCUT2D eigenvalue weighted by molar-refractivity contribution is 5.28. The van der Waals surface area contributed by atoms with Gasteiger partial charge in [-0.05, 0) is 43.0 Å². The summed E-state index contributed by atoms with van der Waals surface area (Å²) in [6.45, 7) is 1.93. The van der Waals surface area contributed by atoms with E-state index < -0.39 is 5.60 Å². The lowest BCUT2D eigenvalue weighted by atomic mass is 9.72. The average Bonchev–Trinajstić information content (AvgIpc) is 2.09. The van der Waals surface area contributed by atoms with Crippen molar-refractivity contribution in [1.82, 2.24) is 0 Å². The summed E-state index contributed by atoms with van der Waals surface area (Å²) < 4.78 is 13.0. The van der Waals surface area contributed by atoms with Crippen LogP contribution in [0.5, 0.6) is 0 Å². The monoisotopic (exact) mass is 209 g/mol. The Kier molecular flexibility index (Phi) is 2.52. The molecule has 1 aromatic rings. The van der Waals surface area contributed by atoms with E-state index in [-0.39, 0.29) is 11.9 Å². The van der Waals surface area contributed by atoms with Crippen LogP contribution in [-0.2, 0) is 6.42 Å². The maximum absolute atomic E-state index is 13.0. The molecule has 82 valence electrons. The number of hydrogen-bond acceptors (Lipinski definition) is 2. The third-order valence-electron chi connectivity index (χ3n) is 3.11. The summed E-state index contributed by atoms with van der Waals surface area (Å²) in [5.41, 5.74) is 6.83. The summed E-state index contributed by atoms with van der Waals surface area (Å²) in [6, 6.07) is 4.78. The predicted molar refractivity (Wildman–Crippen MR) is 57.0 cm³/mol. The third kappa shape index (κ3) is 2.19. The first-order valence-corrected chi connectivity index (χ1v) is 5.21. The lowest BCUT2D eigenvalue weighted by Gasteiger charge is -2.42. The lowest BCUT2D eigenvalue weighted by Crippen LogP contribution is -2.52. The molecule has 15 heavy (non-hydrogen) atoms. The molecule has 0 spiro atoms. The van der Waals surface area contributed by atoms with Crippen LogP contribution in [0.15, 0.2) is 18.2 Å². The summed E-state index contributed by atoms with van der Waals surface area (Å²) in [7, 11) is 0. The second-order valence-corrected chi connectivity index (χ2v) is 4.64. The molecule has 1 saturated carbocycles. The number of rotatable bonds is 2. The fourth-order valence-corrected chi connectivity index (χ4v) is 2.25. The summed E-state index contributed by atoms with van der Waals surface area (Å²) in [4.78, 5) is 0. The van der Waals surface area contributed by atoms with Crippen LogP contribution < -0.4 is 5.73 Å². The molecule has 0 aromatic heterocycles. The maximum atomic E-state index is 13.0. The van der Waals surface area contributed by atoms with Crippen LogP contribution in [0.1, 0.15) is 24.0 Å². The number of nitrogens with two attached hydrogens (primary N) is 1. The molecule has 0 bridgehead atoms. The number of aliphatic hydroxyl groups is 1. The van der Waals surface area contributed by atoms with Crippen LogP contribution in [-0.4, -0.2) is 16.7 Å². The molecule has 0 unspecified atom stereocenters. The van der Waals surface area contributed by atoms with Crippen LogP contribution in [0, 0.1) is 12.7 Å². The van der Waals surface area contributed by atoms with Gasteiger partial charge in [0.2, 0.25) is 0 Å². The molecule has 1 fully saturated rings. The van der Waals surface area contributed by atoms with Crippen molar-refractivity contribution in [3.8, 4) is 0 Å². The van der Waals surface area contributed by atoms with Gasteiger partial charge in [-0.1, -0.05) is 6.07 Å². The average molecular weight is 209 g/mol. The third-order valence-corrected chi connectivity index (χ3v) is 3.11. The first-order chi connectivity index (χ1) is 6.98. The second-order valence-electron chi connectivity index (χ2n) is 4.64. The molecule has 1 aliphatic carbocycles. The minimum atomic E-state index is -0.710. The van der Waals surface area contributed by atoms with Gasteiger partial charge in [0, 0.05) is 12.5 Å². The fourth-order valence-electron chi connectivity index (χ4n) is 2.25. The normalized spacial score (nSPS) is 30.0. The molecule has 0 heterocycles. The molecule has 1 aliphatic rings. The Morgan fingerprint density at radius 2 is 2.20 bits per heavy atom. The fraction of sp³-hybridized carbons (Fsp3) is 0.500. The zero-order chi connectivity index (χ0) is 11.1. The van der Waals surface area contributed by atoms with Gasteiger partial charge in [-0.2, -0.15) is 0 Å². The molecule has 3 N–H and O–H groups in total. The molecular weight excluding hydrogens is 193 g/mol. The van der Waals surface area contributed by atoms with E-state index in [0.29, 0.717) is 19.3 Å². The van der Waals surface area contributed by atoms with Gasteiger partial charge in [0.1, 0.15) is 5.82 Å². The van der Waals surface area contributed by atoms with Gasteiger partial charge >= 0.3 is 0 Å². The van der Waals surface area contributed by atoms with E-state index in [1.54, 1.807) is 6.07 Å². The zero-order valence-electron chi connectivity index (χ0n) is 8.83.